The topological polar surface area (TPSA) is 75.6 Å². The monoisotopic (exact) mass is 392 g/mol. The first kappa shape index (κ1) is 21.0. The molecular weight excluding hydrogens is 378 g/mol. The number of hydrogen-bond donors (Lipinski definition) is 2. The average molecular weight is 392 g/mol. The van der Waals surface area contributed by atoms with Crippen LogP contribution in [0.25, 0.3) is 0 Å². The minimum absolute atomic E-state index is 0.0605. The van der Waals surface area contributed by atoms with E-state index < -0.39 is 34.9 Å². The Morgan fingerprint density at radius 3 is 1.88 bits per heavy atom. The van der Waals surface area contributed by atoms with Gasteiger partial charge in [0.2, 0.25) is 0 Å². The molecule has 0 aliphatic rings. The number of nitrogens with zero attached hydrogens (tertiary/aromatic N) is 2. The smallest absolute Gasteiger partial charge is 0.291 e. The molecule has 0 bridgehead atoms. The Morgan fingerprint density at radius 2 is 1.56 bits per heavy atom. The highest BCUT2D eigenvalue weighted by atomic mass is 32.2. The van der Waals surface area contributed by atoms with Crippen LogP contribution in [0.2, 0.25) is 0 Å². The van der Waals surface area contributed by atoms with E-state index in [1.807, 2.05) is 10.2 Å². The predicted octanol–water partition coefficient (Wildman–Crippen LogP) is 2.33. The molecule has 0 aromatic carbocycles. The maximum atomic E-state index is 12.4. The van der Waals surface area contributed by atoms with Crippen LogP contribution in [-0.4, -0.2) is 25.8 Å². The van der Waals surface area contributed by atoms with Crippen LogP contribution in [0, 0.1) is 0 Å². The molecule has 0 saturated carbocycles. The molecule has 0 aliphatic carbocycles. The number of nitrogens with one attached hydrogen (secondary N) is 2. The van der Waals surface area contributed by atoms with Crippen molar-refractivity contribution < 1.29 is 26.3 Å². The van der Waals surface area contributed by atoms with Crippen molar-refractivity contribution in [3.05, 3.63) is 43.7 Å². The fourth-order valence-electron chi connectivity index (χ4n) is 1.74. The van der Waals surface area contributed by atoms with Gasteiger partial charge < -0.3 is 0 Å². The molecule has 0 spiro atoms. The number of halogens is 6. The number of H-pyrrole nitrogens is 2. The fourth-order valence-corrected chi connectivity index (χ4v) is 2.30. The van der Waals surface area contributed by atoms with Gasteiger partial charge in [0.25, 0.3) is 11.1 Å². The Labute approximate surface area is 140 Å². The van der Waals surface area contributed by atoms with E-state index in [9.17, 15) is 35.9 Å². The summed E-state index contributed by atoms with van der Waals surface area (Å²) < 4.78 is 74.1. The second-order valence-electron chi connectivity index (χ2n) is 4.83. The van der Waals surface area contributed by atoms with Crippen molar-refractivity contribution in [2.24, 2.45) is 14.1 Å². The van der Waals surface area contributed by atoms with E-state index in [0.717, 1.165) is 9.36 Å². The van der Waals surface area contributed by atoms with Crippen molar-refractivity contribution in [3.8, 4) is 0 Å². The van der Waals surface area contributed by atoms with Gasteiger partial charge in [0.15, 0.2) is 0 Å². The van der Waals surface area contributed by atoms with Gasteiger partial charge in [0.1, 0.15) is 11.4 Å². The SMILES string of the molecule is CSCc1c(C(F)(F)F)[nH]n(C)c1=O.Cn1[nH]c(C(F)(F)F)cc1=O. The largest absolute Gasteiger partial charge is 0.433 e. The summed E-state index contributed by atoms with van der Waals surface area (Å²) in [4.78, 5) is 21.8. The lowest BCUT2D eigenvalue weighted by molar-refractivity contribution is -0.142. The Balaban J connectivity index is 0.000000257. The zero-order chi connectivity index (χ0) is 19.6. The molecule has 2 aromatic heterocycles. The highest BCUT2D eigenvalue weighted by Crippen LogP contribution is 2.30. The summed E-state index contributed by atoms with van der Waals surface area (Å²) in [6, 6.07) is 0.514. The molecular formula is C12H14F6N4O2S. The molecule has 0 saturated heterocycles. The third-order valence-corrected chi connectivity index (χ3v) is 3.49. The lowest BCUT2D eigenvalue weighted by Gasteiger charge is -2.04. The van der Waals surface area contributed by atoms with Crippen LogP contribution in [0.4, 0.5) is 26.3 Å². The average Bonchev–Trinajstić information content (AvgIpc) is 2.94. The quantitative estimate of drug-likeness (QED) is 0.771. The zero-order valence-corrected chi connectivity index (χ0v) is 14.0. The summed E-state index contributed by atoms with van der Waals surface area (Å²) in [6.07, 6.45) is -7.32. The molecule has 2 heterocycles. The Morgan fingerprint density at radius 1 is 1.00 bits per heavy atom. The van der Waals surface area contributed by atoms with Gasteiger partial charge in [-0.3, -0.25) is 29.2 Å². The van der Waals surface area contributed by atoms with E-state index in [1.54, 1.807) is 6.26 Å². The van der Waals surface area contributed by atoms with Crippen molar-refractivity contribution in [3.63, 3.8) is 0 Å². The van der Waals surface area contributed by atoms with Crippen molar-refractivity contribution >= 4 is 11.8 Å². The summed E-state index contributed by atoms with van der Waals surface area (Å²) in [7, 11) is 2.49. The molecule has 6 nitrogen and oxygen atoms in total. The molecule has 0 fully saturated rings. The third kappa shape index (κ3) is 5.21. The molecule has 0 atom stereocenters. The van der Waals surface area contributed by atoms with Crippen LogP contribution in [-0.2, 0) is 32.2 Å². The van der Waals surface area contributed by atoms with Crippen LogP contribution in [0.1, 0.15) is 17.0 Å². The number of aromatic nitrogens is 4. The molecule has 25 heavy (non-hydrogen) atoms. The summed E-state index contributed by atoms with van der Waals surface area (Å²) in [5.74, 6) is 0.0605. The molecule has 13 heteroatoms. The van der Waals surface area contributed by atoms with Crippen LogP contribution >= 0.6 is 11.8 Å². The van der Waals surface area contributed by atoms with E-state index >= 15 is 0 Å². The lowest BCUT2D eigenvalue weighted by atomic mass is 10.3. The lowest BCUT2D eigenvalue weighted by Crippen LogP contribution is -2.15. The second kappa shape index (κ2) is 7.45. The van der Waals surface area contributed by atoms with Crippen LogP contribution < -0.4 is 11.1 Å². The van der Waals surface area contributed by atoms with E-state index in [1.165, 1.54) is 25.9 Å². The Kier molecular flexibility index (Phi) is 6.26. The number of alkyl halides is 6. The molecule has 2 aromatic rings. The predicted molar refractivity (Wildman–Crippen MR) is 79.3 cm³/mol. The number of hydrogen-bond acceptors (Lipinski definition) is 3. The van der Waals surface area contributed by atoms with Crippen molar-refractivity contribution in [2.45, 2.75) is 18.1 Å². The number of aryl methyl sites for hydroxylation is 2. The highest BCUT2D eigenvalue weighted by Gasteiger charge is 2.37. The summed E-state index contributed by atoms with van der Waals surface area (Å²) in [5, 5.41) is 3.87. The minimum atomic E-state index is -4.49. The van der Waals surface area contributed by atoms with Gasteiger partial charge in [-0.1, -0.05) is 0 Å². The number of thioether (sulfide) groups is 1. The first-order valence-electron chi connectivity index (χ1n) is 6.46. The maximum Gasteiger partial charge on any atom is 0.433 e. The second-order valence-corrected chi connectivity index (χ2v) is 5.69. The highest BCUT2D eigenvalue weighted by molar-refractivity contribution is 7.97. The molecule has 0 radical (unpaired) electrons. The Hall–Kier alpha value is -2.05. The molecule has 0 unspecified atom stereocenters. The van der Waals surface area contributed by atoms with Gasteiger partial charge >= 0.3 is 12.4 Å². The molecule has 142 valence electrons. The van der Waals surface area contributed by atoms with E-state index in [-0.39, 0.29) is 11.3 Å². The van der Waals surface area contributed by atoms with Gasteiger partial charge in [-0.25, -0.2) is 0 Å². The Bertz CT molecular complexity index is 826. The summed E-state index contributed by atoms with van der Waals surface area (Å²) in [5.41, 5.74) is -3.50. The van der Waals surface area contributed by atoms with E-state index in [2.05, 4.69) is 0 Å². The molecule has 0 amide bonds. The third-order valence-electron chi connectivity index (χ3n) is 2.91. The van der Waals surface area contributed by atoms with Crippen molar-refractivity contribution in [1.29, 1.82) is 0 Å². The van der Waals surface area contributed by atoms with Gasteiger partial charge in [0.05, 0.1) is 5.56 Å². The van der Waals surface area contributed by atoms with Crippen LogP contribution in [0.15, 0.2) is 15.7 Å². The van der Waals surface area contributed by atoms with Gasteiger partial charge in [-0.15, -0.1) is 0 Å². The standard InChI is InChI=1S/C7H9F3N2OS.C5H5F3N2O/c1-12-6(13)4(3-14-2)5(11-12)7(8,9)10;1-10-4(11)2-3(9-10)5(6,7)8/h11H,3H2,1-2H3;2,9H,1H3. The van der Waals surface area contributed by atoms with Gasteiger partial charge in [-0.2, -0.15) is 38.1 Å². The van der Waals surface area contributed by atoms with Crippen molar-refractivity contribution in [2.75, 3.05) is 6.26 Å². The minimum Gasteiger partial charge on any atom is -0.291 e. The molecule has 0 aliphatic heterocycles. The summed E-state index contributed by atoms with van der Waals surface area (Å²) >= 11 is 1.18. The summed E-state index contributed by atoms with van der Waals surface area (Å²) in [6.45, 7) is 0. The zero-order valence-electron chi connectivity index (χ0n) is 13.2. The fraction of sp³-hybridized carbons (Fsp3) is 0.500. The van der Waals surface area contributed by atoms with Crippen molar-refractivity contribution in [1.82, 2.24) is 19.6 Å². The molecule has 2 N–H and O–H groups in total. The molecule has 2 rings (SSSR count). The van der Waals surface area contributed by atoms with E-state index in [4.69, 9.17) is 0 Å². The van der Waals surface area contributed by atoms with Gasteiger partial charge in [0, 0.05) is 25.9 Å². The van der Waals surface area contributed by atoms with Crippen LogP contribution in [0.3, 0.4) is 0 Å². The first-order valence-corrected chi connectivity index (χ1v) is 7.85. The van der Waals surface area contributed by atoms with E-state index in [0.29, 0.717) is 6.07 Å². The van der Waals surface area contributed by atoms with Gasteiger partial charge in [-0.05, 0) is 6.26 Å². The van der Waals surface area contributed by atoms with Crippen LogP contribution in [0.5, 0.6) is 0 Å². The number of aromatic amines is 2. The first-order chi connectivity index (χ1) is 11.3. The number of rotatable bonds is 2. The maximum absolute atomic E-state index is 12.4. The normalized spacial score (nSPS) is 12.0.